The number of ether oxygens (including phenoxy) is 1. The molecule has 0 bridgehead atoms. The van der Waals surface area contributed by atoms with Crippen LogP contribution >= 0.6 is 0 Å². The van der Waals surface area contributed by atoms with Crippen LogP contribution in [-0.4, -0.2) is 36.0 Å². The number of nitrogens with zero attached hydrogens (tertiary/aromatic N) is 1. The molecule has 0 saturated carbocycles. The Morgan fingerprint density at radius 1 is 1.12 bits per heavy atom. The van der Waals surface area contributed by atoms with Gasteiger partial charge in [0.25, 0.3) is 0 Å². The number of hydrogen-bond acceptors (Lipinski definition) is 5. The van der Waals surface area contributed by atoms with E-state index in [-0.39, 0.29) is 11.9 Å². The second-order valence-corrected chi connectivity index (χ2v) is 8.08. The van der Waals surface area contributed by atoms with Gasteiger partial charge in [-0.3, -0.25) is 4.79 Å². The van der Waals surface area contributed by atoms with Crippen LogP contribution in [0.5, 0.6) is 5.75 Å². The highest BCUT2D eigenvalue weighted by Crippen LogP contribution is 2.24. The number of piperidine rings is 1. The smallest absolute Gasteiger partial charge is 0.415 e. The predicted molar refractivity (Wildman–Crippen MR) is 121 cm³/mol. The van der Waals surface area contributed by atoms with Crippen LogP contribution in [0.15, 0.2) is 63.8 Å². The van der Waals surface area contributed by atoms with E-state index in [4.69, 9.17) is 9.15 Å². The van der Waals surface area contributed by atoms with Crippen LogP contribution in [0.25, 0.3) is 11.0 Å². The summed E-state index contributed by atoms with van der Waals surface area (Å²) in [5.74, 6) is 0.240. The standard InChI is InChI=1S/C25H26N2O5/c1-17-13-24(29)32-22-15-20(10-11-21(17)22)31-25(30)27-12-6-5-9-19(27)16-26-23(28)14-18-7-3-2-4-8-18/h2-4,7-8,10-11,13,15,19H,5-6,9,12,14,16H2,1H3,(H,26,28). The molecule has 0 spiro atoms. The minimum Gasteiger partial charge on any atom is -0.423 e. The number of amides is 2. The van der Waals surface area contributed by atoms with Crippen molar-refractivity contribution in [3.05, 3.63) is 76.1 Å². The molecule has 2 heterocycles. The van der Waals surface area contributed by atoms with E-state index in [0.717, 1.165) is 35.8 Å². The Balaban J connectivity index is 1.39. The summed E-state index contributed by atoms with van der Waals surface area (Å²) >= 11 is 0. The highest BCUT2D eigenvalue weighted by Gasteiger charge is 2.28. The van der Waals surface area contributed by atoms with Gasteiger partial charge in [-0.15, -0.1) is 0 Å². The van der Waals surface area contributed by atoms with Gasteiger partial charge in [0.15, 0.2) is 0 Å². The Morgan fingerprint density at radius 3 is 2.75 bits per heavy atom. The SMILES string of the molecule is Cc1cc(=O)oc2cc(OC(=O)N3CCCCC3CNC(=O)Cc3ccccc3)ccc12. The number of rotatable bonds is 5. The van der Waals surface area contributed by atoms with E-state index in [2.05, 4.69) is 5.32 Å². The number of likely N-dealkylation sites (tertiary alicyclic amines) is 1. The molecule has 1 aromatic heterocycles. The first-order valence-electron chi connectivity index (χ1n) is 10.8. The number of carbonyl (C=O) groups is 2. The minimum absolute atomic E-state index is 0.0741. The van der Waals surface area contributed by atoms with Crippen LogP contribution in [0.1, 0.15) is 30.4 Å². The molecule has 1 unspecified atom stereocenters. The first kappa shape index (κ1) is 21.6. The van der Waals surface area contributed by atoms with Crippen molar-refractivity contribution in [3.63, 3.8) is 0 Å². The zero-order chi connectivity index (χ0) is 22.5. The molecule has 7 heteroatoms. The van der Waals surface area contributed by atoms with Gasteiger partial charge in [-0.25, -0.2) is 9.59 Å². The molecule has 1 N–H and O–H groups in total. The molecular weight excluding hydrogens is 408 g/mol. The molecule has 1 aliphatic rings. The highest BCUT2D eigenvalue weighted by molar-refractivity contribution is 5.82. The van der Waals surface area contributed by atoms with Crippen LogP contribution < -0.4 is 15.7 Å². The van der Waals surface area contributed by atoms with Gasteiger partial charge in [0.2, 0.25) is 5.91 Å². The molecule has 2 aromatic carbocycles. The lowest BCUT2D eigenvalue weighted by atomic mass is 10.0. The summed E-state index contributed by atoms with van der Waals surface area (Å²) in [5, 5.41) is 3.74. The third-order valence-corrected chi connectivity index (χ3v) is 5.73. The van der Waals surface area contributed by atoms with Gasteiger partial charge >= 0.3 is 11.7 Å². The lowest BCUT2D eigenvalue weighted by molar-refractivity contribution is -0.120. The first-order chi connectivity index (χ1) is 15.5. The highest BCUT2D eigenvalue weighted by atomic mass is 16.6. The average Bonchev–Trinajstić information content (AvgIpc) is 2.78. The van der Waals surface area contributed by atoms with Crippen molar-refractivity contribution in [1.29, 1.82) is 0 Å². The number of aryl methyl sites for hydroxylation is 1. The molecule has 4 rings (SSSR count). The number of carbonyl (C=O) groups excluding carboxylic acids is 2. The summed E-state index contributed by atoms with van der Waals surface area (Å²) in [4.78, 5) is 38.5. The molecule has 1 aliphatic heterocycles. The van der Waals surface area contributed by atoms with Crippen molar-refractivity contribution < 1.29 is 18.7 Å². The maximum Gasteiger partial charge on any atom is 0.415 e. The maximum absolute atomic E-state index is 12.9. The van der Waals surface area contributed by atoms with E-state index in [0.29, 0.717) is 30.8 Å². The van der Waals surface area contributed by atoms with Crippen molar-refractivity contribution in [2.24, 2.45) is 0 Å². The molecule has 166 valence electrons. The van der Waals surface area contributed by atoms with Gasteiger partial charge in [0, 0.05) is 30.6 Å². The summed E-state index contributed by atoms with van der Waals surface area (Å²) < 4.78 is 10.8. The quantitative estimate of drug-likeness (QED) is 0.617. The fraction of sp³-hybridized carbons (Fsp3) is 0.320. The van der Waals surface area contributed by atoms with Crippen molar-refractivity contribution in [2.75, 3.05) is 13.1 Å². The second-order valence-electron chi connectivity index (χ2n) is 8.08. The van der Waals surface area contributed by atoms with E-state index in [1.807, 2.05) is 37.3 Å². The van der Waals surface area contributed by atoms with Crippen molar-refractivity contribution >= 4 is 23.0 Å². The molecule has 1 atom stereocenters. The first-order valence-corrected chi connectivity index (χ1v) is 10.8. The Kier molecular flexibility index (Phi) is 6.54. The number of benzene rings is 2. The summed E-state index contributed by atoms with van der Waals surface area (Å²) in [5.41, 5.74) is 1.68. The van der Waals surface area contributed by atoms with E-state index >= 15 is 0 Å². The molecule has 0 aliphatic carbocycles. The largest absolute Gasteiger partial charge is 0.423 e. The summed E-state index contributed by atoms with van der Waals surface area (Å²) in [6, 6.07) is 15.9. The van der Waals surface area contributed by atoms with Gasteiger partial charge in [0.05, 0.1) is 12.5 Å². The number of nitrogens with one attached hydrogen (secondary N) is 1. The molecule has 32 heavy (non-hydrogen) atoms. The lowest BCUT2D eigenvalue weighted by Gasteiger charge is -2.34. The van der Waals surface area contributed by atoms with Gasteiger partial charge < -0.3 is 19.4 Å². The number of hydrogen-bond donors (Lipinski definition) is 1. The molecule has 3 aromatic rings. The van der Waals surface area contributed by atoms with Gasteiger partial charge in [-0.2, -0.15) is 0 Å². The molecule has 0 radical (unpaired) electrons. The van der Waals surface area contributed by atoms with E-state index in [9.17, 15) is 14.4 Å². The summed E-state index contributed by atoms with van der Waals surface area (Å²) in [6.45, 7) is 2.78. The Morgan fingerprint density at radius 2 is 1.94 bits per heavy atom. The van der Waals surface area contributed by atoms with Crippen LogP contribution in [-0.2, 0) is 11.2 Å². The van der Waals surface area contributed by atoms with E-state index < -0.39 is 11.7 Å². The zero-order valence-corrected chi connectivity index (χ0v) is 18.0. The second kappa shape index (κ2) is 9.68. The Bertz CT molecular complexity index is 1170. The van der Waals surface area contributed by atoms with E-state index in [1.165, 1.54) is 6.07 Å². The summed E-state index contributed by atoms with van der Waals surface area (Å²) in [7, 11) is 0. The van der Waals surface area contributed by atoms with Gasteiger partial charge in [0.1, 0.15) is 11.3 Å². The van der Waals surface area contributed by atoms with Crippen LogP contribution in [0.3, 0.4) is 0 Å². The topological polar surface area (TPSA) is 88.8 Å². The van der Waals surface area contributed by atoms with Crippen LogP contribution in [0, 0.1) is 6.92 Å². The molecule has 1 fully saturated rings. The van der Waals surface area contributed by atoms with Gasteiger partial charge in [-0.1, -0.05) is 30.3 Å². The number of fused-ring (bicyclic) bond motifs is 1. The predicted octanol–water partition coefficient (Wildman–Crippen LogP) is 3.81. The monoisotopic (exact) mass is 434 g/mol. The maximum atomic E-state index is 12.9. The van der Waals surface area contributed by atoms with Crippen LogP contribution in [0.4, 0.5) is 4.79 Å². The fourth-order valence-electron chi connectivity index (χ4n) is 4.06. The lowest BCUT2D eigenvalue weighted by Crippen LogP contribution is -2.50. The summed E-state index contributed by atoms with van der Waals surface area (Å²) in [6.07, 6.45) is 2.51. The molecule has 7 nitrogen and oxygen atoms in total. The van der Waals surface area contributed by atoms with Crippen molar-refractivity contribution in [1.82, 2.24) is 10.2 Å². The Hall–Kier alpha value is -3.61. The normalized spacial score (nSPS) is 16.0. The third kappa shape index (κ3) is 5.17. The Labute approximate surface area is 186 Å². The zero-order valence-electron chi connectivity index (χ0n) is 18.0. The van der Waals surface area contributed by atoms with Crippen molar-refractivity contribution in [2.45, 2.75) is 38.6 Å². The molecular formula is C25H26N2O5. The average molecular weight is 434 g/mol. The van der Waals surface area contributed by atoms with Gasteiger partial charge in [-0.05, 0) is 49.4 Å². The fourth-order valence-corrected chi connectivity index (χ4v) is 4.06. The minimum atomic E-state index is -0.471. The van der Waals surface area contributed by atoms with E-state index in [1.54, 1.807) is 23.1 Å². The van der Waals surface area contributed by atoms with Crippen LogP contribution in [0.2, 0.25) is 0 Å². The third-order valence-electron chi connectivity index (χ3n) is 5.73. The molecule has 2 amide bonds. The molecule has 1 saturated heterocycles. The van der Waals surface area contributed by atoms with Crippen molar-refractivity contribution in [3.8, 4) is 5.75 Å².